The predicted octanol–water partition coefficient (Wildman–Crippen LogP) is 5.40. The van der Waals surface area contributed by atoms with Crippen LogP contribution in [-0.4, -0.2) is 17.2 Å². The zero-order valence-electron chi connectivity index (χ0n) is 16.8. The van der Waals surface area contributed by atoms with Crippen molar-refractivity contribution in [2.75, 3.05) is 0 Å². The van der Waals surface area contributed by atoms with Gasteiger partial charge in [0.1, 0.15) is 5.75 Å². The Morgan fingerprint density at radius 2 is 1.93 bits per heavy atom. The third-order valence-corrected chi connectivity index (χ3v) is 4.78. The molecule has 4 N–H and O–H groups in total. The number of nitrogens with two attached hydrogens (primary N) is 1. The summed E-state index contributed by atoms with van der Waals surface area (Å²) in [5, 5.41) is 18.8. The molecule has 0 aliphatic rings. The summed E-state index contributed by atoms with van der Waals surface area (Å²) in [7, 11) is 0. The Hall–Kier alpha value is -2.62. The zero-order chi connectivity index (χ0) is 20.7. The number of allylic oxidation sites excluding steroid dienone is 3. The molecule has 0 saturated heterocycles. The largest absolute Gasteiger partial charge is 0.508 e. The third kappa shape index (κ3) is 5.43. The van der Waals surface area contributed by atoms with Crippen LogP contribution >= 0.6 is 0 Å². The Kier molecular flexibility index (Phi) is 8.23. The molecule has 0 aromatic heterocycles. The molecule has 1 aromatic rings. The molecular weight excluding hydrogens is 336 g/mol. The van der Waals surface area contributed by atoms with Gasteiger partial charge in [-0.05, 0) is 50.3 Å². The number of aromatic hydroxyl groups is 1. The molecule has 0 spiro atoms. The van der Waals surface area contributed by atoms with Crippen molar-refractivity contribution in [3.8, 4) is 5.75 Å². The lowest BCUT2D eigenvalue weighted by Crippen LogP contribution is -2.20. The van der Waals surface area contributed by atoms with E-state index in [4.69, 9.17) is 11.1 Å². The number of carbonyl (C=O) groups is 1. The van der Waals surface area contributed by atoms with Crippen LogP contribution in [0.15, 0.2) is 42.5 Å². The van der Waals surface area contributed by atoms with E-state index in [1.54, 1.807) is 6.07 Å². The summed E-state index contributed by atoms with van der Waals surface area (Å²) in [6.07, 6.45) is 5.23. The fourth-order valence-corrected chi connectivity index (χ4v) is 3.38. The van der Waals surface area contributed by atoms with Gasteiger partial charge < -0.3 is 16.2 Å². The van der Waals surface area contributed by atoms with Gasteiger partial charge in [-0.15, -0.1) is 6.58 Å². The van der Waals surface area contributed by atoms with Gasteiger partial charge in [0.05, 0.1) is 5.56 Å². The Balaban J connectivity index is 3.70. The lowest BCUT2D eigenvalue weighted by molar-refractivity contribution is 0.0999. The maximum absolute atomic E-state index is 12.2. The number of carbonyl (C=O) groups excluding carboxylic acids is 1. The predicted molar refractivity (Wildman–Crippen MR) is 114 cm³/mol. The number of rotatable bonds is 11. The van der Waals surface area contributed by atoms with Crippen LogP contribution in [0.25, 0.3) is 0 Å². The summed E-state index contributed by atoms with van der Waals surface area (Å²) in [5.74, 6) is -0.852. The lowest BCUT2D eigenvalue weighted by Gasteiger charge is -2.25. The average Bonchev–Trinajstić information content (AvgIpc) is 2.58. The summed E-state index contributed by atoms with van der Waals surface area (Å²) in [6, 6.07) is 1.62. The minimum absolute atomic E-state index is 0.0543. The van der Waals surface area contributed by atoms with Gasteiger partial charge in [0.2, 0.25) is 5.91 Å². The van der Waals surface area contributed by atoms with Gasteiger partial charge in [0.25, 0.3) is 0 Å². The first-order valence-corrected chi connectivity index (χ1v) is 9.33. The number of amides is 1. The highest BCUT2D eigenvalue weighted by Gasteiger charge is 2.27. The Morgan fingerprint density at radius 3 is 2.37 bits per heavy atom. The second kappa shape index (κ2) is 9.91. The molecule has 1 amide bonds. The molecular formula is C23H32N2O2. The topological polar surface area (TPSA) is 87.2 Å². The van der Waals surface area contributed by atoms with Crippen molar-refractivity contribution in [1.29, 1.82) is 5.41 Å². The minimum atomic E-state index is -0.587. The van der Waals surface area contributed by atoms with E-state index in [0.29, 0.717) is 35.1 Å². The summed E-state index contributed by atoms with van der Waals surface area (Å²) in [5.41, 5.74) is 9.96. The molecule has 146 valence electrons. The fraction of sp³-hybridized carbons (Fsp3) is 0.391. The van der Waals surface area contributed by atoms with Crippen LogP contribution < -0.4 is 5.73 Å². The van der Waals surface area contributed by atoms with E-state index in [1.807, 2.05) is 13.8 Å². The Morgan fingerprint density at radius 1 is 1.30 bits per heavy atom. The molecule has 0 heterocycles. The smallest absolute Gasteiger partial charge is 0.249 e. The van der Waals surface area contributed by atoms with Crippen LogP contribution in [0.4, 0.5) is 0 Å². The molecule has 1 rings (SSSR count). The van der Waals surface area contributed by atoms with Crippen molar-refractivity contribution in [1.82, 2.24) is 0 Å². The van der Waals surface area contributed by atoms with Crippen molar-refractivity contribution >= 4 is 12.1 Å². The van der Waals surface area contributed by atoms with Gasteiger partial charge in [-0.25, -0.2) is 0 Å². The summed E-state index contributed by atoms with van der Waals surface area (Å²) in [6.45, 7) is 17.9. The van der Waals surface area contributed by atoms with Gasteiger partial charge >= 0.3 is 0 Å². The van der Waals surface area contributed by atoms with Crippen molar-refractivity contribution < 1.29 is 9.90 Å². The highest BCUT2D eigenvalue weighted by molar-refractivity contribution is 6.04. The Bertz CT molecular complexity index is 775. The van der Waals surface area contributed by atoms with Gasteiger partial charge in [0.15, 0.2) is 0 Å². The van der Waals surface area contributed by atoms with Gasteiger partial charge in [-0.1, -0.05) is 44.1 Å². The van der Waals surface area contributed by atoms with E-state index >= 15 is 0 Å². The van der Waals surface area contributed by atoms with Crippen LogP contribution in [0.3, 0.4) is 0 Å². The zero-order valence-corrected chi connectivity index (χ0v) is 16.8. The van der Waals surface area contributed by atoms with Gasteiger partial charge in [0, 0.05) is 23.3 Å². The van der Waals surface area contributed by atoms with E-state index in [9.17, 15) is 9.90 Å². The van der Waals surface area contributed by atoms with Crippen molar-refractivity contribution in [2.24, 2.45) is 5.73 Å². The van der Waals surface area contributed by atoms with E-state index in [0.717, 1.165) is 42.2 Å². The number of hydrogen-bond donors (Lipinski definition) is 3. The molecule has 0 bridgehead atoms. The van der Waals surface area contributed by atoms with Crippen molar-refractivity contribution in [3.63, 3.8) is 0 Å². The van der Waals surface area contributed by atoms with Crippen molar-refractivity contribution in [3.05, 3.63) is 64.8 Å². The molecule has 1 aromatic carbocycles. The van der Waals surface area contributed by atoms with E-state index in [-0.39, 0.29) is 11.7 Å². The molecule has 0 radical (unpaired) electrons. The van der Waals surface area contributed by atoms with E-state index in [1.165, 1.54) is 0 Å². The SMILES string of the molecule is C=C(C)CC(C(=C)C(=C)C)c1c(O)cc(CCCCC)c(C(N)=O)c1C=N. The molecule has 4 heteroatoms. The molecule has 0 saturated carbocycles. The summed E-state index contributed by atoms with van der Waals surface area (Å²) < 4.78 is 0. The third-order valence-electron chi connectivity index (χ3n) is 4.78. The number of hydrogen-bond acceptors (Lipinski definition) is 3. The fourth-order valence-electron chi connectivity index (χ4n) is 3.38. The maximum atomic E-state index is 12.2. The highest BCUT2D eigenvalue weighted by Crippen LogP contribution is 2.41. The second-order valence-corrected chi connectivity index (χ2v) is 7.24. The number of aryl methyl sites for hydroxylation is 1. The van der Waals surface area contributed by atoms with E-state index in [2.05, 4.69) is 26.7 Å². The Labute approximate surface area is 163 Å². The number of primary amides is 1. The summed E-state index contributed by atoms with van der Waals surface area (Å²) >= 11 is 0. The molecule has 4 nitrogen and oxygen atoms in total. The number of nitrogens with one attached hydrogen (secondary N) is 1. The number of phenolic OH excluding ortho intramolecular Hbond substituents is 1. The van der Waals surface area contributed by atoms with Crippen LogP contribution in [0.2, 0.25) is 0 Å². The molecule has 27 heavy (non-hydrogen) atoms. The van der Waals surface area contributed by atoms with E-state index < -0.39 is 5.91 Å². The van der Waals surface area contributed by atoms with Crippen LogP contribution in [-0.2, 0) is 6.42 Å². The standard InChI is InChI=1S/C23H32N2O2/c1-7-8-9-10-17-12-20(26)22(19(13-24)21(17)23(25)27)18(11-14(2)3)16(6)15(4)5/h12-13,18,24,26H,2,4,6-11H2,1,3,5H3,(H2,25,27). The minimum Gasteiger partial charge on any atom is -0.508 e. The maximum Gasteiger partial charge on any atom is 0.249 e. The number of unbranched alkanes of at least 4 members (excludes halogenated alkanes) is 2. The second-order valence-electron chi connectivity index (χ2n) is 7.24. The van der Waals surface area contributed by atoms with Gasteiger partial charge in [-0.3, -0.25) is 4.79 Å². The van der Waals surface area contributed by atoms with Crippen molar-refractivity contribution in [2.45, 2.75) is 58.8 Å². The van der Waals surface area contributed by atoms with Crippen LogP contribution in [0.5, 0.6) is 5.75 Å². The quantitative estimate of drug-likeness (QED) is 0.211. The van der Waals surface area contributed by atoms with Gasteiger partial charge in [-0.2, -0.15) is 0 Å². The monoisotopic (exact) mass is 368 g/mol. The molecule has 0 fully saturated rings. The van der Waals surface area contributed by atoms with Crippen LogP contribution in [0.1, 0.15) is 79.4 Å². The average molecular weight is 369 g/mol. The first-order valence-electron chi connectivity index (χ1n) is 9.33. The molecule has 0 aliphatic carbocycles. The highest BCUT2D eigenvalue weighted by atomic mass is 16.3. The first-order chi connectivity index (χ1) is 12.6. The normalized spacial score (nSPS) is 11.7. The summed E-state index contributed by atoms with van der Waals surface area (Å²) in [4.78, 5) is 12.2. The molecule has 1 unspecified atom stereocenters. The number of phenols is 1. The lowest BCUT2D eigenvalue weighted by atomic mass is 9.79. The number of benzene rings is 1. The first kappa shape index (κ1) is 22.4. The molecule has 1 atom stereocenters. The molecule has 0 aliphatic heterocycles. The van der Waals surface area contributed by atoms with Crippen LogP contribution in [0, 0.1) is 5.41 Å².